The molecule has 1 fully saturated rings. The SMILES string of the molecule is COc1cccc(C(=O)CCC(=O)NCC(Cc2ccccc2)N2CCCC2)c1. The van der Waals surface area contributed by atoms with E-state index < -0.39 is 0 Å². The molecular formula is C24H30N2O3. The van der Waals surface area contributed by atoms with Crippen molar-refractivity contribution in [3.8, 4) is 5.75 Å². The molecule has 5 heteroatoms. The van der Waals surface area contributed by atoms with Gasteiger partial charge in [0.1, 0.15) is 5.75 Å². The number of amides is 1. The number of nitrogens with zero attached hydrogens (tertiary/aromatic N) is 1. The van der Waals surface area contributed by atoms with Crippen LogP contribution in [0.5, 0.6) is 5.75 Å². The Morgan fingerprint density at radius 3 is 2.52 bits per heavy atom. The summed E-state index contributed by atoms with van der Waals surface area (Å²) in [6.07, 6.45) is 3.76. The number of carbonyl (C=O) groups excluding carboxylic acids is 2. The zero-order valence-electron chi connectivity index (χ0n) is 17.1. The highest BCUT2D eigenvalue weighted by molar-refractivity contribution is 5.98. The van der Waals surface area contributed by atoms with E-state index in [2.05, 4.69) is 34.5 Å². The predicted octanol–water partition coefficient (Wildman–Crippen LogP) is 3.48. The number of ether oxygens (including phenoxy) is 1. The van der Waals surface area contributed by atoms with Crippen LogP contribution < -0.4 is 10.1 Å². The van der Waals surface area contributed by atoms with E-state index in [1.165, 1.54) is 18.4 Å². The number of benzene rings is 2. The lowest BCUT2D eigenvalue weighted by Crippen LogP contribution is -2.44. The number of carbonyl (C=O) groups is 2. The van der Waals surface area contributed by atoms with E-state index >= 15 is 0 Å². The van der Waals surface area contributed by atoms with Gasteiger partial charge in [-0.1, -0.05) is 42.5 Å². The van der Waals surface area contributed by atoms with E-state index in [4.69, 9.17) is 4.74 Å². The highest BCUT2D eigenvalue weighted by atomic mass is 16.5. The first-order valence-corrected chi connectivity index (χ1v) is 10.4. The van der Waals surface area contributed by atoms with Crippen LogP contribution in [0, 0.1) is 0 Å². The summed E-state index contributed by atoms with van der Waals surface area (Å²) >= 11 is 0. The first-order chi connectivity index (χ1) is 14.2. The number of ketones is 1. The summed E-state index contributed by atoms with van der Waals surface area (Å²) in [6, 6.07) is 17.8. The van der Waals surface area contributed by atoms with Crippen LogP contribution >= 0.6 is 0 Å². The van der Waals surface area contributed by atoms with Crippen LogP contribution in [0.4, 0.5) is 0 Å². The molecular weight excluding hydrogens is 364 g/mol. The number of Topliss-reactive ketones (excluding diaryl/α,β-unsaturated/α-hetero) is 1. The van der Waals surface area contributed by atoms with Gasteiger partial charge in [0.2, 0.25) is 5.91 Å². The Bertz CT molecular complexity index is 801. The summed E-state index contributed by atoms with van der Waals surface area (Å²) in [4.78, 5) is 27.2. The molecule has 2 aromatic rings. The fourth-order valence-corrected chi connectivity index (χ4v) is 3.81. The molecule has 1 unspecified atom stereocenters. The number of nitrogens with one attached hydrogen (secondary N) is 1. The third-order valence-corrected chi connectivity index (χ3v) is 5.48. The molecule has 0 aliphatic carbocycles. The monoisotopic (exact) mass is 394 g/mol. The normalized spacial score (nSPS) is 15.1. The van der Waals surface area contributed by atoms with Crippen LogP contribution in [0.1, 0.15) is 41.6 Å². The van der Waals surface area contributed by atoms with Gasteiger partial charge >= 0.3 is 0 Å². The number of rotatable bonds is 10. The molecule has 1 aliphatic heterocycles. The molecule has 0 saturated carbocycles. The molecule has 1 atom stereocenters. The fourth-order valence-electron chi connectivity index (χ4n) is 3.81. The van der Waals surface area contributed by atoms with Gasteiger partial charge in [-0.15, -0.1) is 0 Å². The molecule has 1 saturated heterocycles. The maximum absolute atomic E-state index is 12.4. The van der Waals surface area contributed by atoms with Gasteiger partial charge in [0.15, 0.2) is 5.78 Å². The van der Waals surface area contributed by atoms with Crippen molar-refractivity contribution in [3.63, 3.8) is 0 Å². The summed E-state index contributed by atoms with van der Waals surface area (Å²) in [6.45, 7) is 2.78. The van der Waals surface area contributed by atoms with Gasteiger partial charge in [0, 0.05) is 31.0 Å². The van der Waals surface area contributed by atoms with Crippen molar-refractivity contribution in [2.45, 2.75) is 38.1 Å². The molecule has 3 rings (SSSR count). The molecule has 0 aromatic heterocycles. The quantitative estimate of drug-likeness (QED) is 0.627. The zero-order valence-corrected chi connectivity index (χ0v) is 17.1. The second-order valence-corrected chi connectivity index (χ2v) is 7.55. The van der Waals surface area contributed by atoms with Crippen LogP contribution in [0.25, 0.3) is 0 Å². The van der Waals surface area contributed by atoms with Crippen LogP contribution in [-0.2, 0) is 11.2 Å². The maximum atomic E-state index is 12.4. The van der Waals surface area contributed by atoms with E-state index in [-0.39, 0.29) is 30.6 Å². The molecule has 1 amide bonds. The molecule has 154 valence electrons. The van der Waals surface area contributed by atoms with Crippen molar-refractivity contribution >= 4 is 11.7 Å². The molecule has 1 aliphatic rings. The standard InChI is InChI=1S/C24H30N2O3/c1-29-22-11-7-10-20(17-22)23(27)12-13-24(28)25-18-21(26-14-5-6-15-26)16-19-8-3-2-4-9-19/h2-4,7-11,17,21H,5-6,12-16,18H2,1H3,(H,25,28). The lowest BCUT2D eigenvalue weighted by atomic mass is 10.0. The zero-order chi connectivity index (χ0) is 20.5. The van der Waals surface area contributed by atoms with Crippen molar-refractivity contribution in [3.05, 3.63) is 65.7 Å². The Morgan fingerprint density at radius 2 is 1.79 bits per heavy atom. The Morgan fingerprint density at radius 1 is 1.03 bits per heavy atom. The Hall–Kier alpha value is -2.66. The Labute approximate surface area is 173 Å². The topological polar surface area (TPSA) is 58.6 Å². The first kappa shape index (κ1) is 21.1. The van der Waals surface area contributed by atoms with Gasteiger partial charge in [-0.05, 0) is 50.0 Å². The largest absolute Gasteiger partial charge is 0.497 e. The van der Waals surface area contributed by atoms with Gasteiger partial charge in [-0.3, -0.25) is 14.5 Å². The summed E-state index contributed by atoms with van der Waals surface area (Å²) in [5, 5.41) is 3.05. The first-order valence-electron chi connectivity index (χ1n) is 10.4. The Balaban J connectivity index is 1.49. The van der Waals surface area contributed by atoms with Crippen molar-refractivity contribution in [1.29, 1.82) is 0 Å². The average Bonchev–Trinajstić information content (AvgIpc) is 3.30. The average molecular weight is 395 g/mol. The summed E-state index contributed by atoms with van der Waals surface area (Å²) in [5.74, 6) is 0.535. The van der Waals surface area contributed by atoms with Crippen LogP contribution in [-0.4, -0.2) is 49.4 Å². The smallest absolute Gasteiger partial charge is 0.220 e. The number of hydrogen-bond donors (Lipinski definition) is 1. The van der Waals surface area contributed by atoms with E-state index in [1.807, 2.05) is 6.07 Å². The van der Waals surface area contributed by atoms with Gasteiger partial charge in [-0.25, -0.2) is 0 Å². The third-order valence-electron chi connectivity index (χ3n) is 5.48. The number of hydrogen-bond acceptors (Lipinski definition) is 4. The highest BCUT2D eigenvalue weighted by Gasteiger charge is 2.22. The summed E-state index contributed by atoms with van der Waals surface area (Å²) in [7, 11) is 1.57. The highest BCUT2D eigenvalue weighted by Crippen LogP contribution is 2.16. The van der Waals surface area contributed by atoms with Crippen LogP contribution in [0.15, 0.2) is 54.6 Å². The van der Waals surface area contributed by atoms with E-state index in [9.17, 15) is 9.59 Å². The van der Waals surface area contributed by atoms with Crippen LogP contribution in [0.2, 0.25) is 0 Å². The fraction of sp³-hybridized carbons (Fsp3) is 0.417. The molecule has 29 heavy (non-hydrogen) atoms. The van der Waals surface area contributed by atoms with Gasteiger partial charge < -0.3 is 10.1 Å². The third kappa shape index (κ3) is 6.43. The lowest BCUT2D eigenvalue weighted by Gasteiger charge is -2.28. The van der Waals surface area contributed by atoms with Crippen molar-refractivity contribution in [1.82, 2.24) is 10.2 Å². The maximum Gasteiger partial charge on any atom is 0.220 e. The summed E-state index contributed by atoms with van der Waals surface area (Å²) in [5.41, 5.74) is 1.86. The van der Waals surface area contributed by atoms with E-state index in [0.29, 0.717) is 17.9 Å². The summed E-state index contributed by atoms with van der Waals surface area (Å²) < 4.78 is 5.16. The van der Waals surface area contributed by atoms with E-state index in [0.717, 1.165) is 19.5 Å². The van der Waals surface area contributed by atoms with Crippen molar-refractivity contribution in [2.24, 2.45) is 0 Å². The molecule has 2 aromatic carbocycles. The molecule has 0 radical (unpaired) electrons. The molecule has 0 bridgehead atoms. The predicted molar refractivity (Wildman–Crippen MR) is 114 cm³/mol. The van der Waals surface area contributed by atoms with Crippen molar-refractivity contribution in [2.75, 3.05) is 26.7 Å². The van der Waals surface area contributed by atoms with Crippen molar-refractivity contribution < 1.29 is 14.3 Å². The Kier molecular flexibility index (Phi) is 7.82. The van der Waals surface area contributed by atoms with Crippen LogP contribution in [0.3, 0.4) is 0 Å². The lowest BCUT2D eigenvalue weighted by molar-refractivity contribution is -0.121. The van der Waals surface area contributed by atoms with Gasteiger partial charge in [-0.2, -0.15) is 0 Å². The van der Waals surface area contributed by atoms with E-state index in [1.54, 1.807) is 31.4 Å². The molecule has 1 N–H and O–H groups in total. The second kappa shape index (κ2) is 10.8. The minimum atomic E-state index is -0.0708. The number of likely N-dealkylation sites (tertiary alicyclic amines) is 1. The second-order valence-electron chi connectivity index (χ2n) is 7.55. The molecule has 5 nitrogen and oxygen atoms in total. The van der Waals surface area contributed by atoms with Gasteiger partial charge in [0.05, 0.1) is 7.11 Å². The number of methoxy groups -OCH3 is 1. The minimum absolute atomic E-state index is 0.0422. The minimum Gasteiger partial charge on any atom is -0.497 e. The molecule has 1 heterocycles. The van der Waals surface area contributed by atoms with Gasteiger partial charge in [0.25, 0.3) is 0 Å². The molecule has 0 spiro atoms.